The van der Waals surface area contributed by atoms with Crippen molar-refractivity contribution < 1.29 is 13.9 Å². The van der Waals surface area contributed by atoms with Gasteiger partial charge in [-0.25, -0.2) is 4.39 Å². The number of halogens is 4. The maximum Gasteiger partial charge on any atom is 0.163 e. The summed E-state index contributed by atoms with van der Waals surface area (Å²) >= 11 is 18.6. The predicted molar refractivity (Wildman–Crippen MR) is 117 cm³/mol. The first kappa shape index (κ1) is 21.6. The van der Waals surface area contributed by atoms with Crippen LogP contribution in [0.1, 0.15) is 18.1 Å². The first-order valence-corrected chi connectivity index (χ1v) is 10.1. The molecule has 0 amide bonds. The molecule has 0 fully saturated rings. The van der Waals surface area contributed by atoms with Gasteiger partial charge >= 0.3 is 0 Å². The summed E-state index contributed by atoms with van der Waals surface area (Å²) in [6, 6.07) is 14.9. The minimum atomic E-state index is -0.283. The van der Waals surface area contributed by atoms with Crippen LogP contribution in [0.5, 0.6) is 11.5 Å². The van der Waals surface area contributed by atoms with Crippen molar-refractivity contribution in [3.8, 4) is 11.5 Å². The average molecular weight is 455 g/mol. The highest BCUT2D eigenvalue weighted by atomic mass is 35.5. The summed E-state index contributed by atoms with van der Waals surface area (Å²) in [6.07, 6.45) is 0. The van der Waals surface area contributed by atoms with Gasteiger partial charge in [0.2, 0.25) is 0 Å². The van der Waals surface area contributed by atoms with E-state index in [1.807, 2.05) is 19.1 Å². The molecule has 0 aliphatic heterocycles. The summed E-state index contributed by atoms with van der Waals surface area (Å²) in [5.41, 5.74) is 2.42. The molecule has 0 saturated heterocycles. The van der Waals surface area contributed by atoms with E-state index in [-0.39, 0.29) is 12.4 Å². The summed E-state index contributed by atoms with van der Waals surface area (Å²) in [6.45, 7) is 3.07. The summed E-state index contributed by atoms with van der Waals surface area (Å²) in [7, 11) is 0. The van der Waals surface area contributed by atoms with Gasteiger partial charge in [0, 0.05) is 38.9 Å². The second-order valence-corrected chi connectivity index (χ2v) is 7.46. The van der Waals surface area contributed by atoms with Crippen LogP contribution in [0.3, 0.4) is 0 Å². The van der Waals surface area contributed by atoms with Crippen molar-refractivity contribution in [2.24, 2.45) is 0 Å². The van der Waals surface area contributed by atoms with Gasteiger partial charge < -0.3 is 14.8 Å². The third-order valence-electron chi connectivity index (χ3n) is 4.14. The zero-order chi connectivity index (χ0) is 20.8. The molecule has 0 saturated carbocycles. The number of ether oxygens (including phenoxy) is 2. The lowest BCUT2D eigenvalue weighted by Gasteiger charge is -2.16. The molecule has 0 radical (unpaired) electrons. The summed E-state index contributed by atoms with van der Waals surface area (Å²) in [5.74, 6) is 0.820. The number of rotatable bonds is 8. The highest BCUT2D eigenvalue weighted by molar-refractivity contribution is 6.35. The Morgan fingerprint density at radius 2 is 1.52 bits per heavy atom. The normalized spacial score (nSPS) is 10.7. The fraction of sp³-hybridized carbons (Fsp3) is 0.182. The lowest BCUT2D eigenvalue weighted by atomic mass is 10.2. The van der Waals surface area contributed by atoms with Gasteiger partial charge in [0.25, 0.3) is 0 Å². The van der Waals surface area contributed by atoms with E-state index in [9.17, 15) is 4.39 Å². The van der Waals surface area contributed by atoms with Crippen LogP contribution < -0.4 is 14.8 Å². The Morgan fingerprint density at radius 1 is 0.828 bits per heavy atom. The first-order chi connectivity index (χ1) is 14.0. The molecule has 3 nitrogen and oxygen atoms in total. The summed E-state index contributed by atoms with van der Waals surface area (Å²) < 4.78 is 24.7. The zero-order valence-corrected chi connectivity index (χ0v) is 17.9. The lowest BCUT2D eigenvalue weighted by Crippen LogP contribution is -2.04. The van der Waals surface area contributed by atoms with Crippen LogP contribution in [0, 0.1) is 5.82 Å². The Kier molecular flexibility index (Phi) is 7.48. The summed E-state index contributed by atoms with van der Waals surface area (Å²) in [5, 5.41) is 4.83. The van der Waals surface area contributed by atoms with Crippen LogP contribution in [0.15, 0.2) is 54.6 Å². The minimum Gasteiger partial charge on any atom is -0.490 e. The van der Waals surface area contributed by atoms with Gasteiger partial charge in [-0.3, -0.25) is 0 Å². The van der Waals surface area contributed by atoms with E-state index in [1.165, 1.54) is 12.1 Å². The second-order valence-electron chi connectivity index (χ2n) is 6.21. The Balaban J connectivity index is 1.75. The zero-order valence-electron chi connectivity index (χ0n) is 15.6. The van der Waals surface area contributed by atoms with Crippen molar-refractivity contribution in [2.45, 2.75) is 20.1 Å². The molecular formula is C22H19Cl3FNO2. The maximum absolute atomic E-state index is 13.0. The highest BCUT2D eigenvalue weighted by Gasteiger charge is 2.13. The molecule has 0 bridgehead atoms. The molecule has 29 heavy (non-hydrogen) atoms. The Labute approximate surface area is 184 Å². The average Bonchev–Trinajstić information content (AvgIpc) is 2.69. The molecule has 7 heteroatoms. The molecule has 3 aromatic carbocycles. The van der Waals surface area contributed by atoms with Gasteiger partial charge in [-0.05, 0) is 55.0 Å². The fourth-order valence-corrected chi connectivity index (χ4v) is 3.34. The number of benzene rings is 3. The molecule has 3 aromatic rings. The van der Waals surface area contributed by atoms with E-state index in [1.54, 1.807) is 30.3 Å². The number of nitrogens with one attached hydrogen (secondary N) is 1. The molecule has 0 aliphatic carbocycles. The van der Waals surface area contributed by atoms with Gasteiger partial charge in [-0.1, -0.05) is 40.9 Å². The maximum atomic E-state index is 13.0. The van der Waals surface area contributed by atoms with Crippen molar-refractivity contribution in [1.82, 2.24) is 0 Å². The monoisotopic (exact) mass is 453 g/mol. The predicted octanol–water partition coefficient (Wildman–Crippen LogP) is 7.38. The van der Waals surface area contributed by atoms with Gasteiger partial charge in [0.05, 0.1) is 6.61 Å². The first-order valence-electron chi connectivity index (χ1n) is 8.97. The largest absolute Gasteiger partial charge is 0.490 e. The SMILES string of the molecule is CCOc1cc(CNc2ccc(F)cc2)c(Cl)cc1OCc1ccc(Cl)cc1Cl. The van der Waals surface area contributed by atoms with E-state index in [0.717, 1.165) is 16.8 Å². The number of hydrogen-bond donors (Lipinski definition) is 1. The molecule has 0 aliphatic rings. The van der Waals surface area contributed by atoms with Crippen LogP contribution in [0.4, 0.5) is 10.1 Å². The fourth-order valence-electron chi connectivity index (χ4n) is 2.65. The van der Waals surface area contributed by atoms with E-state index in [0.29, 0.717) is 39.7 Å². The smallest absolute Gasteiger partial charge is 0.163 e. The Bertz CT molecular complexity index is 981. The third kappa shape index (κ3) is 5.92. The van der Waals surface area contributed by atoms with Crippen LogP contribution >= 0.6 is 34.8 Å². The van der Waals surface area contributed by atoms with E-state index in [4.69, 9.17) is 44.3 Å². The van der Waals surface area contributed by atoms with Gasteiger partial charge in [0.1, 0.15) is 12.4 Å². The van der Waals surface area contributed by atoms with Crippen LogP contribution in [0.2, 0.25) is 15.1 Å². The molecule has 0 unspecified atom stereocenters. The molecule has 3 rings (SSSR count). The molecule has 0 aromatic heterocycles. The minimum absolute atomic E-state index is 0.250. The highest BCUT2D eigenvalue weighted by Crippen LogP contribution is 2.35. The lowest BCUT2D eigenvalue weighted by molar-refractivity contribution is 0.269. The van der Waals surface area contributed by atoms with Crippen molar-refractivity contribution >= 4 is 40.5 Å². The van der Waals surface area contributed by atoms with Crippen molar-refractivity contribution in [2.75, 3.05) is 11.9 Å². The van der Waals surface area contributed by atoms with E-state index >= 15 is 0 Å². The van der Waals surface area contributed by atoms with Gasteiger partial charge in [-0.2, -0.15) is 0 Å². The van der Waals surface area contributed by atoms with E-state index in [2.05, 4.69) is 5.32 Å². The van der Waals surface area contributed by atoms with Crippen LogP contribution in [-0.2, 0) is 13.2 Å². The number of anilines is 1. The van der Waals surface area contributed by atoms with Gasteiger partial charge in [0.15, 0.2) is 11.5 Å². The Hall–Kier alpha value is -2.14. The van der Waals surface area contributed by atoms with Crippen LogP contribution in [-0.4, -0.2) is 6.61 Å². The van der Waals surface area contributed by atoms with Crippen molar-refractivity contribution in [3.63, 3.8) is 0 Å². The van der Waals surface area contributed by atoms with Gasteiger partial charge in [-0.15, -0.1) is 0 Å². The van der Waals surface area contributed by atoms with E-state index < -0.39 is 0 Å². The summed E-state index contributed by atoms with van der Waals surface area (Å²) in [4.78, 5) is 0. The second kappa shape index (κ2) is 10.1. The molecule has 0 spiro atoms. The topological polar surface area (TPSA) is 30.5 Å². The molecule has 0 atom stereocenters. The third-order valence-corrected chi connectivity index (χ3v) is 5.08. The molecule has 0 heterocycles. The molecule has 152 valence electrons. The molecular weight excluding hydrogens is 436 g/mol. The van der Waals surface area contributed by atoms with Crippen LogP contribution in [0.25, 0.3) is 0 Å². The molecule has 1 N–H and O–H groups in total. The standard InChI is InChI=1S/C22H19Cl3FNO2/c1-2-28-21-9-15(12-27-18-7-5-17(26)6-8-18)20(25)11-22(21)29-13-14-3-4-16(23)10-19(14)24/h3-11,27H,2,12-13H2,1H3. The number of hydrogen-bond acceptors (Lipinski definition) is 3. The Morgan fingerprint density at radius 3 is 2.21 bits per heavy atom. The van der Waals surface area contributed by atoms with Crippen molar-refractivity contribution in [1.29, 1.82) is 0 Å². The van der Waals surface area contributed by atoms with Crippen molar-refractivity contribution in [3.05, 3.63) is 86.6 Å². The quantitative estimate of drug-likeness (QED) is 0.385.